The average molecular weight is 838 g/mol. The Balaban J connectivity index is 0.999. The monoisotopic (exact) mass is 837 g/mol. The molecule has 4 saturated carbocycles. The van der Waals surface area contributed by atoms with Crippen molar-refractivity contribution >= 4 is 61.9 Å². The number of nitrogens with one attached hydrogen (secondary N) is 4. The third-order valence-corrected chi connectivity index (χ3v) is 14.2. The van der Waals surface area contributed by atoms with E-state index < -0.39 is 5.97 Å². The number of benzene rings is 1. The van der Waals surface area contributed by atoms with Gasteiger partial charge < -0.3 is 45.9 Å². The summed E-state index contributed by atoms with van der Waals surface area (Å²) in [7, 11) is 1.64. The number of carboxylic acid groups (broad SMARTS) is 1. The van der Waals surface area contributed by atoms with Crippen LogP contribution in [0.5, 0.6) is 5.75 Å². The van der Waals surface area contributed by atoms with Crippen molar-refractivity contribution in [2.45, 2.75) is 97.5 Å². The molecule has 0 saturated heterocycles. The molecule has 6 N–H and O–H groups in total. The minimum Gasteiger partial charge on any atom is -0.497 e. The number of fused-ring (bicyclic) bond motifs is 2. The molecule has 3 aromatic heterocycles. The molecule has 0 spiro atoms. The Hall–Kier alpha value is -4.70. The summed E-state index contributed by atoms with van der Waals surface area (Å²) in [5.74, 6) is 1.34. The first-order valence-corrected chi connectivity index (χ1v) is 22.1. The van der Waals surface area contributed by atoms with Gasteiger partial charge in [0.05, 0.1) is 29.5 Å². The Morgan fingerprint density at radius 1 is 1.03 bits per heavy atom. The van der Waals surface area contributed by atoms with Crippen LogP contribution >= 0.6 is 11.3 Å². The topological polar surface area (TPSA) is 191 Å². The van der Waals surface area contributed by atoms with Crippen LogP contribution in [0, 0.1) is 28.6 Å². The number of hydrogen-bond donors (Lipinski definition) is 6. The number of methoxy groups -OCH3 is 1. The molecule has 14 nitrogen and oxygen atoms in total. The fraction of sp³-hybridized carbons (Fsp3) is 0.556. The van der Waals surface area contributed by atoms with Crippen LogP contribution in [-0.4, -0.2) is 94.7 Å². The maximum Gasteiger partial charge on any atom is 0.355 e. The maximum atomic E-state index is 12.9. The first kappa shape index (κ1) is 42.0. The molecular formula is C45H59N9O5S. The number of carboxylic acids is 1. The molecule has 4 aliphatic carbocycles. The number of aliphatic hydroxyl groups is 1. The highest BCUT2D eigenvalue weighted by atomic mass is 32.1. The van der Waals surface area contributed by atoms with Gasteiger partial charge in [-0.15, -0.1) is 10.2 Å². The summed E-state index contributed by atoms with van der Waals surface area (Å²) in [5, 5.41) is 48.6. The summed E-state index contributed by atoms with van der Waals surface area (Å²) >= 11 is 1.53. The number of allylic oxidation sites excluding steroid dienone is 2. The van der Waals surface area contributed by atoms with Gasteiger partial charge in [0.2, 0.25) is 0 Å². The molecule has 0 radical (unpaired) electrons. The van der Waals surface area contributed by atoms with Gasteiger partial charge in [-0.2, -0.15) is 0 Å². The molecule has 60 heavy (non-hydrogen) atoms. The van der Waals surface area contributed by atoms with Crippen LogP contribution in [0.2, 0.25) is 0 Å². The Bertz CT molecular complexity index is 2290. The largest absolute Gasteiger partial charge is 0.497 e. The summed E-state index contributed by atoms with van der Waals surface area (Å²) in [6.45, 7) is 12.7. The summed E-state index contributed by atoms with van der Waals surface area (Å²) in [5.41, 5.74) is 4.61. The summed E-state index contributed by atoms with van der Waals surface area (Å²) in [6, 6.07) is 9.41. The molecule has 4 heterocycles. The minimum absolute atomic E-state index is 0.0255. The van der Waals surface area contributed by atoms with Gasteiger partial charge in [0.25, 0.3) is 0 Å². The number of hydrogen-bond acceptors (Lipinski definition) is 14. The Morgan fingerprint density at radius 3 is 2.57 bits per heavy atom. The summed E-state index contributed by atoms with van der Waals surface area (Å²) < 4.78 is 13.2. The molecule has 1 aliphatic heterocycles. The lowest BCUT2D eigenvalue weighted by atomic mass is 9.39. The molecule has 2 atom stereocenters. The van der Waals surface area contributed by atoms with Crippen molar-refractivity contribution in [3.63, 3.8) is 0 Å². The van der Waals surface area contributed by atoms with E-state index in [9.17, 15) is 9.90 Å². The molecule has 320 valence electrons. The normalized spacial score (nSPS) is 25.9. The molecule has 4 fully saturated rings. The number of aliphatic hydroxyl groups excluding tert-OH is 1. The van der Waals surface area contributed by atoms with Crippen LogP contribution in [0.4, 0.5) is 22.6 Å². The van der Waals surface area contributed by atoms with E-state index in [2.05, 4.69) is 40.0 Å². The number of carbonyl (C=O) groups is 1. The van der Waals surface area contributed by atoms with E-state index in [1.807, 2.05) is 43.0 Å². The Labute approximate surface area is 356 Å². The zero-order valence-electron chi connectivity index (χ0n) is 35.5. The second-order valence-corrected chi connectivity index (χ2v) is 19.5. The third kappa shape index (κ3) is 8.33. The van der Waals surface area contributed by atoms with Gasteiger partial charge in [0.1, 0.15) is 11.6 Å². The maximum absolute atomic E-state index is 12.9. The van der Waals surface area contributed by atoms with E-state index in [1.54, 1.807) is 13.2 Å². The average Bonchev–Trinajstić information content (AvgIpc) is 3.61. The number of thiazole rings is 1. The minimum atomic E-state index is -1.16. The standard InChI is InChI=1S/C45H59N9O5S/c1-28-31-9-8-16-54(39(31)53-52-38(28)51-41-49-34-19-30(58-5)10-12-35(34)60-41)36-13-11-32(37(50-36)40(56)57)33(20-46)29(2)48-27-44-22-42(3)21-43(4,23-44)25-45(24-42,26-44)59-18-15-47-14-6-7-17-55/h10-13,19-20,46-48,55H,6-9,14-18,21-27H2,1-5H3,(H,56,57)(H,49,51,52)/b33-29+,46-20?. The first-order valence-electron chi connectivity index (χ1n) is 21.3. The van der Waals surface area contributed by atoms with Crippen molar-refractivity contribution < 1.29 is 24.5 Å². The van der Waals surface area contributed by atoms with Gasteiger partial charge in [-0.05, 0) is 125 Å². The smallest absolute Gasteiger partial charge is 0.355 e. The van der Waals surface area contributed by atoms with Gasteiger partial charge in [0.15, 0.2) is 22.5 Å². The fourth-order valence-corrected chi connectivity index (χ4v) is 12.7. The third-order valence-electron chi connectivity index (χ3n) is 13.2. The SMILES string of the molecule is COc1ccc2sc(Nc3nnc4c(c3C)CCCN4c3ccc(/C(C=N)=C(\C)NCC45CC6(C)CC(C)(C4)CC(OCCNCCCCO)(C6)C5)c(C(=O)O)n3)nc2c1. The lowest BCUT2D eigenvalue weighted by Crippen LogP contribution is -2.65. The zero-order chi connectivity index (χ0) is 42.3. The van der Waals surface area contributed by atoms with Crippen molar-refractivity contribution in [2.24, 2.45) is 16.2 Å². The van der Waals surface area contributed by atoms with E-state index in [0.29, 0.717) is 46.9 Å². The quantitative estimate of drug-likeness (QED) is 0.0421. The number of aromatic carboxylic acids is 1. The predicted octanol–water partition coefficient (Wildman–Crippen LogP) is 7.79. The fourth-order valence-electron chi connectivity index (χ4n) is 11.9. The number of nitrogens with zero attached hydrogens (tertiary/aromatic N) is 5. The Morgan fingerprint density at radius 2 is 1.83 bits per heavy atom. The summed E-state index contributed by atoms with van der Waals surface area (Å²) in [4.78, 5) is 24.3. The highest BCUT2D eigenvalue weighted by Gasteiger charge is 2.66. The van der Waals surface area contributed by atoms with Crippen molar-refractivity contribution in [1.29, 1.82) is 5.41 Å². The number of pyridine rings is 1. The molecule has 5 aliphatic rings. The molecule has 1 aromatic carbocycles. The van der Waals surface area contributed by atoms with Crippen LogP contribution in [0.1, 0.15) is 106 Å². The van der Waals surface area contributed by atoms with E-state index >= 15 is 0 Å². The molecule has 9 rings (SSSR count). The molecule has 0 amide bonds. The molecule has 4 bridgehead atoms. The number of unbranched alkanes of at least 4 members (excludes halogenated alkanes) is 1. The van der Waals surface area contributed by atoms with E-state index in [4.69, 9.17) is 30.0 Å². The van der Waals surface area contributed by atoms with Gasteiger partial charge in [-0.3, -0.25) is 0 Å². The summed E-state index contributed by atoms with van der Waals surface area (Å²) in [6.07, 6.45) is 11.2. The lowest BCUT2D eigenvalue weighted by molar-refractivity contribution is -0.242. The second-order valence-electron chi connectivity index (χ2n) is 18.5. The molecule has 15 heteroatoms. The predicted molar refractivity (Wildman–Crippen MR) is 236 cm³/mol. The van der Waals surface area contributed by atoms with Crippen molar-refractivity contribution in [1.82, 2.24) is 30.8 Å². The van der Waals surface area contributed by atoms with E-state index in [1.165, 1.54) is 24.0 Å². The molecule has 2 unspecified atom stereocenters. The van der Waals surface area contributed by atoms with Crippen LogP contribution in [0.3, 0.4) is 0 Å². The number of aromatic nitrogens is 4. The number of anilines is 4. The molecule has 4 aromatic rings. The zero-order valence-corrected chi connectivity index (χ0v) is 36.4. The number of rotatable bonds is 18. The second kappa shape index (κ2) is 16.6. The van der Waals surface area contributed by atoms with Crippen LogP contribution < -0.4 is 25.6 Å². The first-order chi connectivity index (χ1) is 28.8. The van der Waals surface area contributed by atoms with Crippen LogP contribution in [0.25, 0.3) is 15.8 Å². The van der Waals surface area contributed by atoms with Crippen LogP contribution in [-0.2, 0) is 11.2 Å². The van der Waals surface area contributed by atoms with E-state index in [0.717, 1.165) is 110 Å². The van der Waals surface area contributed by atoms with Crippen molar-refractivity contribution in [3.8, 4) is 5.75 Å². The Kier molecular flexibility index (Phi) is 11.6. The lowest BCUT2D eigenvalue weighted by Gasteiger charge is -2.69. The molecular weight excluding hydrogens is 779 g/mol. The highest BCUT2D eigenvalue weighted by Crippen LogP contribution is 2.71. The van der Waals surface area contributed by atoms with Crippen LogP contribution in [0.15, 0.2) is 36.0 Å². The number of ether oxygens (including phenoxy) is 2. The van der Waals surface area contributed by atoms with Crippen molar-refractivity contribution in [3.05, 3.63) is 58.4 Å². The van der Waals surface area contributed by atoms with E-state index in [-0.39, 0.29) is 34.1 Å². The van der Waals surface area contributed by atoms with Gasteiger partial charge >= 0.3 is 5.97 Å². The van der Waals surface area contributed by atoms with Gasteiger partial charge in [-0.25, -0.2) is 14.8 Å². The van der Waals surface area contributed by atoms with Crippen molar-refractivity contribution in [2.75, 3.05) is 56.7 Å². The highest BCUT2D eigenvalue weighted by molar-refractivity contribution is 7.22. The van der Waals surface area contributed by atoms with Gasteiger partial charge in [-0.1, -0.05) is 25.2 Å². The van der Waals surface area contributed by atoms with Gasteiger partial charge in [0, 0.05) is 66.5 Å².